The summed E-state index contributed by atoms with van der Waals surface area (Å²) in [5.41, 5.74) is 2.83. The minimum Gasteiger partial charge on any atom is -0.460 e. The summed E-state index contributed by atoms with van der Waals surface area (Å²) in [6, 6.07) is 8.66. The van der Waals surface area contributed by atoms with Crippen LogP contribution >= 0.6 is 0 Å². The Hall–Kier alpha value is -3.43. The molecule has 0 atom stereocenters. The van der Waals surface area contributed by atoms with E-state index in [1.165, 1.54) is 17.0 Å². The first-order valence-corrected chi connectivity index (χ1v) is 20.5. The molecule has 10 heteroatoms. The normalized spacial score (nSPS) is 14.1. The predicted molar refractivity (Wildman–Crippen MR) is 218 cm³/mol. The van der Waals surface area contributed by atoms with Crippen LogP contribution in [0.25, 0.3) is 0 Å². The molecule has 0 bridgehead atoms. The molecule has 1 aromatic rings. The van der Waals surface area contributed by atoms with E-state index in [4.69, 9.17) is 9.47 Å². The van der Waals surface area contributed by atoms with Crippen LogP contribution in [0.1, 0.15) is 159 Å². The lowest BCUT2D eigenvalue weighted by Crippen LogP contribution is -2.39. The summed E-state index contributed by atoms with van der Waals surface area (Å²) in [6.45, 7) is 27.7. The molecule has 3 amide bonds. The van der Waals surface area contributed by atoms with Crippen molar-refractivity contribution in [1.29, 1.82) is 0 Å². The van der Waals surface area contributed by atoms with Crippen LogP contribution in [0, 0.1) is 5.41 Å². The van der Waals surface area contributed by atoms with Gasteiger partial charge in [-0.1, -0.05) is 39.0 Å². The van der Waals surface area contributed by atoms with E-state index in [1.807, 2.05) is 46.4 Å². The number of carbonyl (C=O) groups is 4. The van der Waals surface area contributed by atoms with Crippen LogP contribution in [0.2, 0.25) is 0 Å². The van der Waals surface area contributed by atoms with Gasteiger partial charge in [0.2, 0.25) is 17.5 Å². The summed E-state index contributed by atoms with van der Waals surface area (Å²) in [7, 11) is 0. The molecular weight excluding hydrogens is 681 g/mol. The first-order valence-electron chi connectivity index (χ1n) is 20.5. The maximum absolute atomic E-state index is 13.3. The maximum atomic E-state index is 13.3. The molecule has 0 radical (unpaired) electrons. The number of rotatable bonds is 21. The van der Waals surface area contributed by atoms with Gasteiger partial charge < -0.3 is 24.6 Å². The number of benzene rings is 1. The minimum atomic E-state index is -0.617. The van der Waals surface area contributed by atoms with Crippen molar-refractivity contribution in [3.05, 3.63) is 29.8 Å². The van der Waals surface area contributed by atoms with Crippen LogP contribution in [-0.2, 0) is 29.3 Å². The second-order valence-corrected chi connectivity index (χ2v) is 18.7. The summed E-state index contributed by atoms with van der Waals surface area (Å²) >= 11 is 0. The van der Waals surface area contributed by atoms with Crippen LogP contribution < -0.4 is 5.32 Å². The summed E-state index contributed by atoms with van der Waals surface area (Å²) in [6.07, 6.45) is 7.16. The highest BCUT2D eigenvalue weighted by molar-refractivity contribution is 5.93. The van der Waals surface area contributed by atoms with Gasteiger partial charge in [0, 0.05) is 77.0 Å². The van der Waals surface area contributed by atoms with Crippen molar-refractivity contribution in [3.63, 3.8) is 0 Å². The highest BCUT2D eigenvalue weighted by Gasteiger charge is 2.42. The van der Waals surface area contributed by atoms with Crippen LogP contribution in [0.15, 0.2) is 24.3 Å². The lowest BCUT2D eigenvalue weighted by atomic mass is 9.82. The molecule has 1 aromatic carbocycles. The number of para-hydroxylation sites is 1. The number of esters is 1. The maximum Gasteiger partial charge on any atom is 0.410 e. The van der Waals surface area contributed by atoms with Crippen molar-refractivity contribution >= 4 is 35.3 Å². The molecule has 0 saturated heterocycles. The lowest BCUT2D eigenvalue weighted by molar-refractivity contribution is -0.439. The number of fused-ring (bicyclic) bond motifs is 1. The standard InChI is InChI=1S/C44H74N4O6/c1-34-44(11,12)35-23-15-16-24-36(35)48(34)32-18-13-14-25-37(49)45-27-22-31-46(38(50)33-41(2,3)4)28-20-21-30-47(40(52)54-43(8,9)10)29-19-17-26-39(51)53-42(5,6)7/h15-16,23-24H,13-14,17-22,25-33H2,1-12H3/p+1. The van der Waals surface area contributed by atoms with Crippen molar-refractivity contribution in [2.24, 2.45) is 5.41 Å². The van der Waals surface area contributed by atoms with Crippen LogP contribution in [-0.4, -0.2) is 94.4 Å². The molecule has 0 saturated carbocycles. The molecule has 1 heterocycles. The van der Waals surface area contributed by atoms with E-state index in [-0.39, 0.29) is 34.7 Å². The molecule has 54 heavy (non-hydrogen) atoms. The molecule has 10 nitrogen and oxygen atoms in total. The van der Waals surface area contributed by atoms with Gasteiger partial charge in [0.15, 0.2) is 5.71 Å². The van der Waals surface area contributed by atoms with E-state index < -0.39 is 11.2 Å². The molecular formula is C44H75N4O6+. The van der Waals surface area contributed by atoms with Crippen LogP contribution in [0.5, 0.6) is 0 Å². The highest BCUT2D eigenvalue weighted by atomic mass is 16.6. The Morgan fingerprint density at radius 2 is 1.26 bits per heavy atom. The molecule has 1 aliphatic rings. The Morgan fingerprint density at radius 3 is 1.87 bits per heavy atom. The third-order valence-electron chi connectivity index (χ3n) is 9.66. The Bertz CT molecular complexity index is 1410. The first-order chi connectivity index (χ1) is 25.0. The third kappa shape index (κ3) is 17.4. The average molecular weight is 756 g/mol. The average Bonchev–Trinajstić information content (AvgIpc) is 3.22. The van der Waals surface area contributed by atoms with Gasteiger partial charge in [-0.2, -0.15) is 4.58 Å². The number of unbranched alkanes of at least 4 members (excludes halogenated alkanes) is 4. The molecule has 1 aliphatic heterocycles. The third-order valence-corrected chi connectivity index (χ3v) is 9.66. The highest BCUT2D eigenvalue weighted by Crippen LogP contribution is 2.39. The molecule has 0 aromatic heterocycles. The summed E-state index contributed by atoms with van der Waals surface area (Å²) < 4.78 is 13.5. The summed E-state index contributed by atoms with van der Waals surface area (Å²) in [5.74, 6) is -0.0673. The monoisotopic (exact) mass is 756 g/mol. The molecule has 1 N–H and O–H groups in total. The first kappa shape index (κ1) is 46.7. The quantitative estimate of drug-likeness (QED) is 0.0763. The van der Waals surface area contributed by atoms with Gasteiger partial charge in [0.25, 0.3) is 0 Å². The molecule has 0 unspecified atom stereocenters. The number of nitrogens with one attached hydrogen (secondary N) is 1. The van der Waals surface area contributed by atoms with Gasteiger partial charge in [0.1, 0.15) is 17.7 Å². The minimum absolute atomic E-state index is 0.0405. The summed E-state index contributed by atoms with van der Waals surface area (Å²) in [5, 5.41) is 3.07. The number of carbonyl (C=O) groups excluding carboxylic acids is 4. The fraction of sp³-hybridized carbons (Fsp3) is 0.750. The fourth-order valence-corrected chi connectivity index (χ4v) is 6.67. The smallest absolute Gasteiger partial charge is 0.410 e. The van der Waals surface area contributed by atoms with Crippen molar-refractivity contribution < 1.29 is 33.2 Å². The largest absolute Gasteiger partial charge is 0.460 e. The predicted octanol–water partition coefficient (Wildman–Crippen LogP) is 8.94. The van der Waals surface area contributed by atoms with E-state index in [1.54, 1.807) is 4.90 Å². The van der Waals surface area contributed by atoms with Crippen LogP contribution in [0.4, 0.5) is 10.5 Å². The van der Waals surface area contributed by atoms with Crippen molar-refractivity contribution in [3.8, 4) is 0 Å². The number of ether oxygens (including phenoxy) is 2. The molecule has 0 aliphatic carbocycles. The van der Waals surface area contributed by atoms with E-state index >= 15 is 0 Å². The topological polar surface area (TPSA) is 108 Å². The number of hydrogen-bond donors (Lipinski definition) is 1. The van der Waals surface area contributed by atoms with Gasteiger partial charge in [0.05, 0.1) is 5.41 Å². The Labute approximate surface area is 327 Å². The fourth-order valence-electron chi connectivity index (χ4n) is 6.67. The van der Waals surface area contributed by atoms with Crippen molar-refractivity contribution in [2.75, 3.05) is 39.3 Å². The Kier molecular flexibility index (Phi) is 18.2. The van der Waals surface area contributed by atoms with E-state index in [0.717, 1.165) is 32.2 Å². The van der Waals surface area contributed by atoms with Gasteiger partial charge in [-0.05, 0) is 106 Å². The second-order valence-electron chi connectivity index (χ2n) is 18.7. The molecule has 0 spiro atoms. The summed E-state index contributed by atoms with van der Waals surface area (Å²) in [4.78, 5) is 54.8. The molecule has 306 valence electrons. The van der Waals surface area contributed by atoms with Gasteiger partial charge in [-0.15, -0.1) is 0 Å². The molecule has 0 fully saturated rings. The molecule has 2 rings (SSSR count). The zero-order valence-corrected chi connectivity index (χ0v) is 36.1. The van der Waals surface area contributed by atoms with E-state index in [2.05, 4.69) is 75.7 Å². The second kappa shape index (κ2) is 21.0. The van der Waals surface area contributed by atoms with Crippen LogP contribution in [0.3, 0.4) is 0 Å². The van der Waals surface area contributed by atoms with Gasteiger partial charge in [-0.3, -0.25) is 14.4 Å². The zero-order valence-electron chi connectivity index (χ0n) is 36.1. The zero-order chi connectivity index (χ0) is 40.7. The van der Waals surface area contributed by atoms with Crippen molar-refractivity contribution in [2.45, 2.75) is 170 Å². The Morgan fingerprint density at radius 1 is 0.704 bits per heavy atom. The van der Waals surface area contributed by atoms with Gasteiger partial charge >= 0.3 is 12.1 Å². The number of nitrogens with zero attached hydrogens (tertiary/aromatic N) is 3. The Balaban J connectivity index is 1.80. The van der Waals surface area contributed by atoms with E-state index in [0.29, 0.717) is 77.7 Å². The number of amides is 3. The van der Waals surface area contributed by atoms with Crippen molar-refractivity contribution in [1.82, 2.24) is 15.1 Å². The lowest BCUT2D eigenvalue weighted by Gasteiger charge is -2.29. The van der Waals surface area contributed by atoms with Gasteiger partial charge in [-0.25, -0.2) is 4.79 Å². The SMILES string of the molecule is CC1=[N+](CCCCCC(=O)NCCCN(CCCCN(CCCCC(=O)OC(C)(C)C)C(=O)OC(C)(C)C)C(=O)CC(C)(C)C)c2ccccc2C1(C)C. The van der Waals surface area contributed by atoms with E-state index in [9.17, 15) is 19.2 Å². The number of hydrogen-bond acceptors (Lipinski definition) is 6.